The molecule has 26 heavy (non-hydrogen) atoms. The second-order valence-corrected chi connectivity index (χ2v) is 6.02. The molecule has 1 N–H and O–H groups in total. The highest BCUT2D eigenvalue weighted by atomic mass is 16.5. The molecule has 1 aliphatic heterocycles. The van der Waals surface area contributed by atoms with Gasteiger partial charge in [-0.2, -0.15) is 10.2 Å². The van der Waals surface area contributed by atoms with Crippen LogP contribution in [0.25, 0.3) is 5.69 Å². The highest BCUT2D eigenvalue weighted by Gasteiger charge is 2.24. The summed E-state index contributed by atoms with van der Waals surface area (Å²) in [5, 5.41) is 10.9. The average molecular weight is 351 g/mol. The maximum atomic E-state index is 12.8. The molecule has 0 saturated carbocycles. The van der Waals surface area contributed by atoms with Crippen LogP contribution in [0.2, 0.25) is 0 Å². The van der Waals surface area contributed by atoms with E-state index in [4.69, 9.17) is 4.74 Å². The molecule has 3 aromatic rings. The topological polar surface area (TPSA) is 93.1 Å². The summed E-state index contributed by atoms with van der Waals surface area (Å²) in [6, 6.07) is 10.6. The zero-order valence-corrected chi connectivity index (χ0v) is 14.2. The Morgan fingerprint density at radius 3 is 2.81 bits per heavy atom. The van der Waals surface area contributed by atoms with Gasteiger partial charge in [0.05, 0.1) is 18.5 Å². The van der Waals surface area contributed by atoms with Gasteiger partial charge in [-0.25, -0.2) is 9.78 Å². The molecule has 132 valence electrons. The van der Waals surface area contributed by atoms with E-state index >= 15 is 0 Å². The van der Waals surface area contributed by atoms with E-state index in [0.717, 1.165) is 22.7 Å². The number of carbonyl (C=O) groups is 1. The molecule has 0 aliphatic carbocycles. The minimum atomic E-state index is -0.262. The van der Waals surface area contributed by atoms with Crippen molar-refractivity contribution >= 4 is 5.91 Å². The third-order valence-corrected chi connectivity index (χ3v) is 4.39. The van der Waals surface area contributed by atoms with Crippen LogP contribution >= 0.6 is 0 Å². The Labute approximate surface area is 149 Å². The number of nitrogens with zero attached hydrogens (tertiary/aromatic N) is 4. The molecule has 1 amide bonds. The van der Waals surface area contributed by atoms with Crippen molar-refractivity contribution in [1.82, 2.24) is 24.9 Å². The summed E-state index contributed by atoms with van der Waals surface area (Å²) in [7, 11) is 1.61. The van der Waals surface area contributed by atoms with Crippen molar-refractivity contribution in [3.05, 3.63) is 69.9 Å². The quantitative estimate of drug-likeness (QED) is 0.764. The van der Waals surface area contributed by atoms with Crippen LogP contribution < -0.4 is 10.3 Å². The molecule has 0 spiro atoms. The smallest absolute Gasteiger partial charge is 0.274 e. The third-order valence-electron chi connectivity index (χ3n) is 4.39. The Morgan fingerprint density at radius 1 is 1.23 bits per heavy atom. The van der Waals surface area contributed by atoms with Crippen molar-refractivity contribution in [2.24, 2.45) is 0 Å². The van der Waals surface area contributed by atoms with E-state index in [1.54, 1.807) is 29.0 Å². The molecule has 8 heteroatoms. The first-order chi connectivity index (χ1) is 12.6. The van der Waals surface area contributed by atoms with E-state index in [-0.39, 0.29) is 11.5 Å². The molecule has 0 radical (unpaired) electrons. The van der Waals surface area contributed by atoms with Crippen LogP contribution in [-0.4, -0.2) is 44.4 Å². The summed E-state index contributed by atoms with van der Waals surface area (Å²) in [6.45, 7) is 0.904. The summed E-state index contributed by atoms with van der Waals surface area (Å²) in [4.78, 5) is 25.9. The fourth-order valence-electron chi connectivity index (χ4n) is 3.00. The van der Waals surface area contributed by atoms with Crippen molar-refractivity contribution in [3.63, 3.8) is 0 Å². The van der Waals surface area contributed by atoms with Gasteiger partial charge in [0.1, 0.15) is 5.75 Å². The Hall–Kier alpha value is -3.42. The van der Waals surface area contributed by atoms with Crippen LogP contribution in [-0.2, 0) is 13.0 Å². The van der Waals surface area contributed by atoms with Crippen molar-refractivity contribution in [3.8, 4) is 11.4 Å². The van der Waals surface area contributed by atoms with E-state index in [0.29, 0.717) is 25.2 Å². The summed E-state index contributed by atoms with van der Waals surface area (Å²) < 4.78 is 6.79. The normalized spacial score (nSPS) is 13.3. The molecule has 3 heterocycles. The summed E-state index contributed by atoms with van der Waals surface area (Å²) >= 11 is 0. The molecule has 0 fully saturated rings. The van der Waals surface area contributed by atoms with Gasteiger partial charge >= 0.3 is 0 Å². The molecular weight excluding hydrogens is 334 g/mol. The van der Waals surface area contributed by atoms with E-state index < -0.39 is 0 Å². The van der Waals surface area contributed by atoms with Gasteiger partial charge < -0.3 is 9.64 Å². The van der Waals surface area contributed by atoms with Gasteiger partial charge in [0.25, 0.3) is 11.5 Å². The van der Waals surface area contributed by atoms with E-state index in [2.05, 4.69) is 15.3 Å². The molecule has 0 atom stereocenters. The number of carbonyl (C=O) groups excluding carboxylic acids is 1. The highest BCUT2D eigenvalue weighted by Crippen LogP contribution is 2.18. The number of rotatable bonds is 3. The maximum absolute atomic E-state index is 12.8. The van der Waals surface area contributed by atoms with Gasteiger partial charge in [-0.05, 0) is 30.3 Å². The molecule has 0 saturated heterocycles. The SMILES string of the molecule is COc1ccc(-n2ccc(C(=O)N3CCc4n[nH]c(=O)cc4C3)n2)cc1. The van der Waals surface area contributed by atoms with Crippen LogP contribution in [0.4, 0.5) is 0 Å². The second kappa shape index (κ2) is 6.47. The van der Waals surface area contributed by atoms with Gasteiger partial charge in [-0.3, -0.25) is 9.59 Å². The van der Waals surface area contributed by atoms with E-state index in [1.165, 1.54) is 6.07 Å². The number of fused-ring (bicyclic) bond motifs is 1. The van der Waals surface area contributed by atoms with E-state index in [9.17, 15) is 9.59 Å². The predicted octanol–water partition coefficient (Wildman–Crippen LogP) is 1.16. The lowest BCUT2D eigenvalue weighted by Gasteiger charge is -2.27. The molecular formula is C18H17N5O3. The summed E-state index contributed by atoms with van der Waals surface area (Å²) in [5.41, 5.74) is 2.55. The first-order valence-corrected chi connectivity index (χ1v) is 8.21. The van der Waals surface area contributed by atoms with Crippen molar-refractivity contribution in [1.29, 1.82) is 0 Å². The highest BCUT2D eigenvalue weighted by molar-refractivity contribution is 5.92. The monoisotopic (exact) mass is 351 g/mol. The number of benzene rings is 1. The van der Waals surface area contributed by atoms with Crippen molar-refractivity contribution in [2.75, 3.05) is 13.7 Å². The van der Waals surface area contributed by atoms with Crippen LogP contribution in [0.3, 0.4) is 0 Å². The molecule has 0 unspecified atom stereocenters. The summed E-state index contributed by atoms with van der Waals surface area (Å²) in [6.07, 6.45) is 2.36. The number of aromatic nitrogens is 4. The van der Waals surface area contributed by atoms with Gasteiger partial charge in [0.15, 0.2) is 5.69 Å². The number of ether oxygens (including phenoxy) is 1. The summed E-state index contributed by atoms with van der Waals surface area (Å²) in [5.74, 6) is 0.593. The number of amides is 1. The minimum absolute atomic E-state index is 0.164. The number of aromatic amines is 1. The van der Waals surface area contributed by atoms with Gasteiger partial charge in [0.2, 0.25) is 0 Å². The first-order valence-electron chi connectivity index (χ1n) is 8.21. The Balaban J connectivity index is 1.54. The van der Waals surface area contributed by atoms with Gasteiger partial charge in [-0.1, -0.05) is 0 Å². The lowest BCUT2D eigenvalue weighted by molar-refractivity contribution is 0.0726. The Morgan fingerprint density at radius 2 is 2.04 bits per heavy atom. The molecule has 0 bridgehead atoms. The third kappa shape index (κ3) is 2.97. The molecule has 1 aliphatic rings. The molecule has 2 aromatic heterocycles. The Kier molecular flexibility index (Phi) is 4.00. The second-order valence-electron chi connectivity index (χ2n) is 6.02. The maximum Gasteiger partial charge on any atom is 0.274 e. The molecule has 4 rings (SSSR count). The minimum Gasteiger partial charge on any atom is -0.497 e. The van der Waals surface area contributed by atoms with Gasteiger partial charge in [0, 0.05) is 37.3 Å². The fraction of sp³-hybridized carbons (Fsp3) is 0.222. The fourth-order valence-corrected chi connectivity index (χ4v) is 3.00. The van der Waals surface area contributed by atoms with Crippen molar-refractivity contribution in [2.45, 2.75) is 13.0 Å². The number of nitrogens with one attached hydrogen (secondary N) is 1. The average Bonchev–Trinajstić information content (AvgIpc) is 3.17. The standard InChI is InChI=1S/C18H17N5O3/c1-26-14-4-2-13(3-5-14)23-9-7-16(21-23)18(25)22-8-6-15-12(11-22)10-17(24)20-19-15/h2-5,7,9-10H,6,8,11H2,1H3,(H,20,24). The number of hydrogen-bond acceptors (Lipinski definition) is 5. The van der Waals surface area contributed by atoms with E-state index in [1.807, 2.05) is 24.3 Å². The lowest BCUT2D eigenvalue weighted by atomic mass is 10.1. The van der Waals surface area contributed by atoms with Gasteiger partial charge in [-0.15, -0.1) is 0 Å². The predicted molar refractivity (Wildman–Crippen MR) is 93.4 cm³/mol. The Bertz CT molecular complexity index is 1010. The largest absolute Gasteiger partial charge is 0.497 e. The molecule has 8 nitrogen and oxygen atoms in total. The number of methoxy groups -OCH3 is 1. The molecule has 1 aromatic carbocycles. The zero-order chi connectivity index (χ0) is 18.1. The van der Waals surface area contributed by atoms with Crippen LogP contribution in [0.1, 0.15) is 21.7 Å². The number of H-pyrrole nitrogens is 1. The lowest BCUT2D eigenvalue weighted by Crippen LogP contribution is -2.37. The van der Waals surface area contributed by atoms with Crippen LogP contribution in [0, 0.1) is 0 Å². The van der Waals surface area contributed by atoms with Crippen molar-refractivity contribution < 1.29 is 9.53 Å². The number of hydrogen-bond donors (Lipinski definition) is 1. The van der Waals surface area contributed by atoms with Crippen LogP contribution in [0.15, 0.2) is 47.4 Å². The first kappa shape index (κ1) is 16.1. The zero-order valence-electron chi connectivity index (χ0n) is 14.2. The van der Waals surface area contributed by atoms with Crippen LogP contribution in [0.5, 0.6) is 5.75 Å².